The Morgan fingerprint density at radius 1 is 1.39 bits per heavy atom. The largest absolute Gasteiger partial charge is 0.480 e. The van der Waals surface area contributed by atoms with Crippen LogP contribution < -0.4 is 5.32 Å². The first-order valence-corrected chi connectivity index (χ1v) is 7.61. The summed E-state index contributed by atoms with van der Waals surface area (Å²) in [4.78, 5) is 24.5. The molecular formula is C14H14BrF3N2O3. The lowest BCUT2D eigenvalue weighted by molar-refractivity contribution is -0.142. The van der Waals surface area contributed by atoms with Crippen molar-refractivity contribution < 1.29 is 27.9 Å². The number of anilines is 1. The van der Waals surface area contributed by atoms with E-state index in [1.54, 1.807) is 0 Å². The van der Waals surface area contributed by atoms with Crippen molar-refractivity contribution in [3.8, 4) is 0 Å². The van der Waals surface area contributed by atoms with E-state index in [1.165, 1.54) is 17.0 Å². The fourth-order valence-electron chi connectivity index (χ4n) is 2.50. The van der Waals surface area contributed by atoms with Crippen LogP contribution in [0.5, 0.6) is 0 Å². The highest BCUT2D eigenvalue weighted by Gasteiger charge is 2.34. The van der Waals surface area contributed by atoms with Crippen LogP contribution in [0.15, 0.2) is 22.7 Å². The van der Waals surface area contributed by atoms with Crippen molar-refractivity contribution in [3.05, 3.63) is 28.2 Å². The van der Waals surface area contributed by atoms with Gasteiger partial charge in [-0.15, -0.1) is 0 Å². The topological polar surface area (TPSA) is 69.6 Å². The van der Waals surface area contributed by atoms with E-state index in [0.29, 0.717) is 19.4 Å². The highest BCUT2D eigenvalue weighted by Crippen LogP contribution is 2.36. The molecule has 1 saturated heterocycles. The van der Waals surface area contributed by atoms with E-state index in [2.05, 4.69) is 21.2 Å². The number of carbonyl (C=O) groups excluding carboxylic acids is 1. The average Bonchev–Trinajstić information content (AvgIpc) is 2.87. The zero-order valence-electron chi connectivity index (χ0n) is 11.9. The monoisotopic (exact) mass is 394 g/mol. The third-order valence-corrected chi connectivity index (χ3v) is 4.24. The molecule has 1 amide bonds. The summed E-state index contributed by atoms with van der Waals surface area (Å²) in [5.41, 5.74) is -0.878. The van der Waals surface area contributed by atoms with Crippen LogP contribution in [-0.4, -0.2) is 41.0 Å². The number of nitrogens with zero attached hydrogens (tertiary/aromatic N) is 1. The number of halogens is 4. The number of benzene rings is 1. The lowest BCUT2D eigenvalue weighted by Crippen LogP contribution is -2.40. The van der Waals surface area contributed by atoms with Gasteiger partial charge in [-0.2, -0.15) is 13.2 Å². The van der Waals surface area contributed by atoms with Gasteiger partial charge in [0.2, 0.25) is 5.91 Å². The maximum Gasteiger partial charge on any atom is 0.417 e. The molecule has 5 nitrogen and oxygen atoms in total. The number of alkyl halides is 3. The van der Waals surface area contributed by atoms with Crippen molar-refractivity contribution in [2.75, 3.05) is 18.4 Å². The molecule has 9 heteroatoms. The Hall–Kier alpha value is -1.61. The fourth-order valence-corrected chi connectivity index (χ4v) is 2.97. The van der Waals surface area contributed by atoms with Gasteiger partial charge < -0.3 is 10.4 Å². The quantitative estimate of drug-likeness (QED) is 0.823. The molecule has 0 aliphatic carbocycles. The van der Waals surface area contributed by atoms with Crippen molar-refractivity contribution in [2.24, 2.45) is 0 Å². The highest BCUT2D eigenvalue weighted by atomic mass is 79.9. The number of carbonyl (C=O) groups is 2. The molecule has 1 aliphatic rings. The molecule has 2 rings (SSSR count). The van der Waals surface area contributed by atoms with Gasteiger partial charge in [0.05, 0.1) is 12.1 Å². The van der Waals surface area contributed by atoms with E-state index in [0.717, 1.165) is 6.07 Å². The summed E-state index contributed by atoms with van der Waals surface area (Å²) in [6, 6.07) is 2.65. The van der Waals surface area contributed by atoms with E-state index in [1.807, 2.05) is 0 Å². The Morgan fingerprint density at radius 2 is 2.09 bits per heavy atom. The average molecular weight is 395 g/mol. The Morgan fingerprint density at radius 3 is 2.70 bits per heavy atom. The Labute approximate surface area is 138 Å². The van der Waals surface area contributed by atoms with Crippen LogP contribution in [0.2, 0.25) is 0 Å². The van der Waals surface area contributed by atoms with E-state index < -0.39 is 29.7 Å². The number of carboxylic acids is 1. The maximum absolute atomic E-state index is 12.8. The summed E-state index contributed by atoms with van der Waals surface area (Å²) in [5, 5.41) is 11.4. The van der Waals surface area contributed by atoms with Crippen molar-refractivity contribution in [1.82, 2.24) is 4.90 Å². The van der Waals surface area contributed by atoms with Gasteiger partial charge in [0.25, 0.3) is 0 Å². The number of amides is 1. The molecule has 1 atom stereocenters. The van der Waals surface area contributed by atoms with E-state index in [9.17, 15) is 22.8 Å². The maximum atomic E-state index is 12.8. The van der Waals surface area contributed by atoms with E-state index in [-0.39, 0.29) is 16.7 Å². The molecule has 2 N–H and O–H groups in total. The highest BCUT2D eigenvalue weighted by molar-refractivity contribution is 9.10. The second-order valence-corrected chi connectivity index (χ2v) is 6.06. The van der Waals surface area contributed by atoms with E-state index in [4.69, 9.17) is 5.11 Å². The molecule has 0 aromatic heterocycles. The minimum Gasteiger partial charge on any atom is -0.480 e. The summed E-state index contributed by atoms with van der Waals surface area (Å²) >= 11 is 2.82. The second-order valence-electron chi connectivity index (χ2n) is 5.21. The second kappa shape index (κ2) is 6.88. The molecule has 0 saturated carbocycles. The normalized spacial score (nSPS) is 18.9. The van der Waals surface area contributed by atoms with Gasteiger partial charge in [0.1, 0.15) is 6.04 Å². The third kappa shape index (κ3) is 4.44. The van der Waals surface area contributed by atoms with Crippen molar-refractivity contribution in [1.29, 1.82) is 0 Å². The molecule has 1 aromatic carbocycles. The smallest absolute Gasteiger partial charge is 0.417 e. The van der Waals surface area contributed by atoms with Crippen molar-refractivity contribution in [2.45, 2.75) is 25.1 Å². The number of hydrogen-bond donors (Lipinski definition) is 2. The molecule has 1 heterocycles. The van der Waals surface area contributed by atoms with Gasteiger partial charge in [-0.05, 0) is 37.6 Å². The molecule has 1 aliphatic heterocycles. The molecule has 1 fully saturated rings. The number of aliphatic carboxylic acids is 1. The number of rotatable bonds is 4. The van der Waals surface area contributed by atoms with Crippen molar-refractivity contribution >= 4 is 33.5 Å². The first kappa shape index (κ1) is 17.7. The summed E-state index contributed by atoms with van der Waals surface area (Å²) < 4.78 is 38.3. The summed E-state index contributed by atoms with van der Waals surface area (Å²) in [7, 11) is 0. The lowest BCUT2D eigenvalue weighted by atomic mass is 10.2. The number of nitrogens with one attached hydrogen (secondary N) is 1. The number of likely N-dealkylation sites (tertiary alicyclic amines) is 1. The fraction of sp³-hybridized carbons (Fsp3) is 0.429. The Kier molecular flexibility index (Phi) is 5.30. The minimum absolute atomic E-state index is 0.0107. The van der Waals surface area contributed by atoms with Crippen LogP contribution in [0.4, 0.5) is 18.9 Å². The lowest BCUT2D eigenvalue weighted by Gasteiger charge is -2.20. The minimum atomic E-state index is -4.54. The number of hydrogen-bond acceptors (Lipinski definition) is 3. The van der Waals surface area contributed by atoms with Gasteiger partial charge >= 0.3 is 12.1 Å². The predicted octanol–water partition coefficient (Wildman–Crippen LogP) is 2.96. The van der Waals surface area contributed by atoms with Crippen LogP contribution >= 0.6 is 15.9 Å². The summed E-state index contributed by atoms with van der Waals surface area (Å²) in [5.74, 6) is -1.55. The third-order valence-electron chi connectivity index (χ3n) is 3.55. The van der Waals surface area contributed by atoms with Crippen LogP contribution in [0.25, 0.3) is 0 Å². The first-order chi connectivity index (χ1) is 10.7. The first-order valence-electron chi connectivity index (χ1n) is 6.82. The molecule has 0 unspecified atom stereocenters. The molecule has 23 heavy (non-hydrogen) atoms. The zero-order chi connectivity index (χ0) is 17.2. The predicted molar refractivity (Wildman–Crippen MR) is 80.0 cm³/mol. The van der Waals surface area contributed by atoms with Crippen LogP contribution in [-0.2, 0) is 15.8 Å². The van der Waals surface area contributed by atoms with Crippen LogP contribution in [0.1, 0.15) is 18.4 Å². The Balaban J connectivity index is 2.05. The summed E-state index contributed by atoms with van der Waals surface area (Å²) in [6.45, 7) is 0.299. The van der Waals surface area contributed by atoms with Gasteiger partial charge in [0.15, 0.2) is 0 Å². The SMILES string of the molecule is O=C(CN1CCC[C@H]1C(=O)O)Nc1ccc(Br)c(C(F)(F)F)c1. The molecule has 0 bridgehead atoms. The molecule has 0 spiro atoms. The van der Waals surface area contributed by atoms with Crippen LogP contribution in [0.3, 0.4) is 0 Å². The molecule has 0 radical (unpaired) electrons. The van der Waals surface area contributed by atoms with Gasteiger partial charge in [0, 0.05) is 10.2 Å². The van der Waals surface area contributed by atoms with Crippen molar-refractivity contribution in [3.63, 3.8) is 0 Å². The van der Waals surface area contributed by atoms with Gasteiger partial charge in [-0.3, -0.25) is 14.5 Å². The van der Waals surface area contributed by atoms with Gasteiger partial charge in [-0.1, -0.05) is 15.9 Å². The van der Waals surface area contributed by atoms with Gasteiger partial charge in [-0.25, -0.2) is 0 Å². The zero-order valence-corrected chi connectivity index (χ0v) is 13.4. The Bertz CT molecular complexity index is 622. The molecular weight excluding hydrogens is 381 g/mol. The summed E-state index contributed by atoms with van der Waals surface area (Å²) in [6.07, 6.45) is -3.41. The standard InChI is InChI=1S/C14H14BrF3N2O3/c15-10-4-3-8(6-9(10)14(16,17)18)19-12(21)7-20-5-1-2-11(20)13(22)23/h3-4,6,11H,1-2,5,7H2,(H,19,21)(H,22,23)/t11-/m0/s1. The molecule has 1 aromatic rings. The van der Waals surface area contributed by atoms with E-state index >= 15 is 0 Å². The van der Waals surface area contributed by atoms with Crippen LogP contribution in [0, 0.1) is 0 Å². The number of carboxylic acid groups (broad SMARTS) is 1. The molecule has 126 valence electrons.